The summed E-state index contributed by atoms with van der Waals surface area (Å²) in [6.07, 6.45) is 3.10. The molecule has 1 fully saturated rings. The van der Waals surface area contributed by atoms with E-state index in [1.54, 1.807) is 42.6 Å². The van der Waals surface area contributed by atoms with E-state index >= 15 is 0 Å². The van der Waals surface area contributed by atoms with Crippen molar-refractivity contribution in [1.29, 1.82) is 0 Å². The molecule has 0 unspecified atom stereocenters. The summed E-state index contributed by atoms with van der Waals surface area (Å²) in [4.78, 5) is 30.3. The van der Waals surface area contributed by atoms with Gasteiger partial charge in [0.15, 0.2) is 0 Å². The van der Waals surface area contributed by atoms with Crippen molar-refractivity contribution in [2.75, 3.05) is 20.3 Å². The fourth-order valence-corrected chi connectivity index (χ4v) is 3.01. The Kier molecular flexibility index (Phi) is 4.99. The van der Waals surface area contributed by atoms with Crippen LogP contribution in [0.2, 0.25) is 0 Å². The normalized spacial score (nSPS) is 19.0. The molecule has 0 bridgehead atoms. The first-order chi connectivity index (χ1) is 12.6. The van der Waals surface area contributed by atoms with Gasteiger partial charge in [0.25, 0.3) is 11.7 Å². The molecule has 134 valence electrons. The molecular weight excluding hydrogens is 336 g/mol. The van der Waals surface area contributed by atoms with Crippen LogP contribution in [0.4, 0.5) is 0 Å². The molecule has 0 spiro atoms. The molecule has 1 saturated heterocycles. The predicted octanol–water partition coefficient (Wildman–Crippen LogP) is 1.50. The fourth-order valence-electron chi connectivity index (χ4n) is 3.01. The standard InChI is InChI=1S/C19H18N2O5/c1-26-14-6-4-12(5-7-14)17(23)15-16(13-3-2-8-20-11-13)21(9-10-22)19(25)18(15)24/h2-8,11,16,22-23H,9-10H2,1H3/t16-/m1/s1. The number of ether oxygens (including phenoxy) is 1. The monoisotopic (exact) mass is 354 g/mol. The highest BCUT2D eigenvalue weighted by atomic mass is 16.5. The summed E-state index contributed by atoms with van der Waals surface area (Å²) in [5, 5.41) is 20.0. The fraction of sp³-hybridized carbons (Fsp3) is 0.211. The summed E-state index contributed by atoms with van der Waals surface area (Å²) in [5.74, 6) is -1.23. The molecule has 26 heavy (non-hydrogen) atoms. The first-order valence-electron chi connectivity index (χ1n) is 8.02. The maximum atomic E-state index is 12.6. The lowest BCUT2D eigenvalue weighted by Crippen LogP contribution is -2.32. The smallest absolute Gasteiger partial charge is 0.295 e. The largest absolute Gasteiger partial charge is 0.507 e. The van der Waals surface area contributed by atoms with E-state index in [2.05, 4.69) is 4.98 Å². The number of aromatic nitrogens is 1. The molecule has 1 amide bonds. The molecule has 2 heterocycles. The Labute approximate surface area is 150 Å². The molecule has 0 radical (unpaired) electrons. The van der Waals surface area contributed by atoms with Crippen LogP contribution in [-0.2, 0) is 9.59 Å². The van der Waals surface area contributed by atoms with Crippen molar-refractivity contribution in [3.63, 3.8) is 0 Å². The summed E-state index contributed by atoms with van der Waals surface area (Å²) in [5.41, 5.74) is 0.943. The molecule has 3 rings (SSSR count). The number of carbonyl (C=O) groups excluding carboxylic acids is 2. The van der Waals surface area contributed by atoms with Gasteiger partial charge < -0.3 is 19.8 Å². The van der Waals surface area contributed by atoms with Crippen LogP contribution in [0.25, 0.3) is 5.76 Å². The van der Waals surface area contributed by atoms with E-state index < -0.39 is 17.7 Å². The van der Waals surface area contributed by atoms with Crippen LogP contribution in [0.15, 0.2) is 54.4 Å². The number of aliphatic hydroxyl groups excluding tert-OH is 2. The second kappa shape index (κ2) is 7.37. The highest BCUT2D eigenvalue weighted by Crippen LogP contribution is 2.38. The Morgan fingerprint density at radius 2 is 1.96 bits per heavy atom. The third-order valence-corrected chi connectivity index (χ3v) is 4.24. The quantitative estimate of drug-likeness (QED) is 0.480. The van der Waals surface area contributed by atoms with Crippen molar-refractivity contribution in [3.05, 3.63) is 65.5 Å². The molecule has 1 atom stereocenters. The predicted molar refractivity (Wildman–Crippen MR) is 93.3 cm³/mol. The number of amides is 1. The topological polar surface area (TPSA) is 100.0 Å². The van der Waals surface area contributed by atoms with Gasteiger partial charge in [-0.3, -0.25) is 14.6 Å². The molecule has 7 nitrogen and oxygen atoms in total. The van der Waals surface area contributed by atoms with Crippen molar-refractivity contribution in [1.82, 2.24) is 9.88 Å². The van der Waals surface area contributed by atoms with Gasteiger partial charge in [-0.25, -0.2) is 0 Å². The SMILES string of the molecule is COc1ccc(C(O)=C2C(=O)C(=O)N(CCO)[C@@H]2c2cccnc2)cc1. The van der Waals surface area contributed by atoms with Crippen molar-refractivity contribution in [2.24, 2.45) is 0 Å². The van der Waals surface area contributed by atoms with Gasteiger partial charge in [-0.1, -0.05) is 6.07 Å². The number of β-amino-alcohol motifs (C(OH)–C–C–N with tert-alkyl or cyclic N) is 1. The van der Waals surface area contributed by atoms with Crippen molar-refractivity contribution >= 4 is 17.4 Å². The van der Waals surface area contributed by atoms with E-state index in [0.717, 1.165) is 0 Å². The number of ketones is 1. The van der Waals surface area contributed by atoms with Gasteiger partial charge in [0.05, 0.1) is 25.3 Å². The Bertz CT molecular complexity index is 846. The number of nitrogens with zero attached hydrogens (tertiary/aromatic N) is 2. The van der Waals surface area contributed by atoms with Gasteiger partial charge in [-0.2, -0.15) is 0 Å². The zero-order valence-corrected chi connectivity index (χ0v) is 14.1. The second-order valence-electron chi connectivity index (χ2n) is 5.73. The summed E-state index contributed by atoms with van der Waals surface area (Å²) < 4.78 is 5.09. The van der Waals surface area contributed by atoms with Crippen LogP contribution in [-0.4, -0.2) is 52.0 Å². The summed E-state index contributed by atoms with van der Waals surface area (Å²) in [7, 11) is 1.53. The van der Waals surface area contributed by atoms with Crippen LogP contribution in [0.3, 0.4) is 0 Å². The van der Waals surface area contributed by atoms with Crippen LogP contribution in [0.5, 0.6) is 5.75 Å². The molecule has 1 aliphatic heterocycles. The molecule has 1 aliphatic rings. The minimum Gasteiger partial charge on any atom is -0.507 e. The zero-order valence-electron chi connectivity index (χ0n) is 14.1. The molecule has 2 aromatic rings. The van der Waals surface area contributed by atoms with E-state index in [4.69, 9.17) is 4.74 Å². The first kappa shape index (κ1) is 17.6. The van der Waals surface area contributed by atoms with Gasteiger partial charge in [-0.15, -0.1) is 0 Å². The number of methoxy groups -OCH3 is 1. The Balaban J connectivity index is 2.14. The number of pyridine rings is 1. The second-order valence-corrected chi connectivity index (χ2v) is 5.73. The minimum absolute atomic E-state index is 0.0243. The molecular formula is C19H18N2O5. The average Bonchev–Trinajstić information content (AvgIpc) is 2.93. The first-order valence-corrected chi connectivity index (χ1v) is 8.02. The number of carbonyl (C=O) groups is 2. The Hall–Kier alpha value is -3.19. The maximum absolute atomic E-state index is 12.6. The van der Waals surface area contributed by atoms with E-state index in [9.17, 15) is 19.8 Å². The minimum atomic E-state index is -0.807. The molecule has 1 aromatic carbocycles. The Morgan fingerprint density at radius 3 is 2.54 bits per heavy atom. The lowest BCUT2D eigenvalue weighted by atomic mass is 9.96. The number of benzene rings is 1. The van der Waals surface area contributed by atoms with Crippen LogP contribution >= 0.6 is 0 Å². The number of Topliss-reactive ketones (excluding diaryl/α,β-unsaturated/α-hetero) is 1. The average molecular weight is 354 g/mol. The van der Waals surface area contributed by atoms with Gasteiger partial charge in [0, 0.05) is 24.5 Å². The lowest BCUT2D eigenvalue weighted by Gasteiger charge is -2.24. The highest BCUT2D eigenvalue weighted by molar-refractivity contribution is 6.46. The third-order valence-electron chi connectivity index (χ3n) is 4.24. The van der Waals surface area contributed by atoms with E-state index in [-0.39, 0.29) is 24.5 Å². The molecule has 2 N–H and O–H groups in total. The number of aliphatic hydroxyl groups is 2. The molecule has 0 aliphatic carbocycles. The van der Waals surface area contributed by atoms with Gasteiger partial charge in [0.2, 0.25) is 0 Å². The van der Waals surface area contributed by atoms with E-state index in [1.165, 1.54) is 18.2 Å². The molecule has 1 aromatic heterocycles. The van der Waals surface area contributed by atoms with Crippen LogP contribution in [0.1, 0.15) is 17.2 Å². The van der Waals surface area contributed by atoms with Crippen LogP contribution < -0.4 is 4.74 Å². The maximum Gasteiger partial charge on any atom is 0.295 e. The van der Waals surface area contributed by atoms with Crippen LogP contribution in [0, 0.1) is 0 Å². The van der Waals surface area contributed by atoms with Gasteiger partial charge >= 0.3 is 0 Å². The van der Waals surface area contributed by atoms with Crippen molar-refractivity contribution in [2.45, 2.75) is 6.04 Å². The van der Waals surface area contributed by atoms with Crippen molar-refractivity contribution < 1.29 is 24.5 Å². The van der Waals surface area contributed by atoms with Crippen molar-refractivity contribution in [3.8, 4) is 5.75 Å². The highest BCUT2D eigenvalue weighted by Gasteiger charge is 2.45. The number of hydrogen-bond acceptors (Lipinski definition) is 6. The Morgan fingerprint density at radius 1 is 1.23 bits per heavy atom. The molecule has 7 heteroatoms. The molecule has 0 saturated carbocycles. The third kappa shape index (κ3) is 3.04. The summed E-state index contributed by atoms with van der Waals surface area (Å²) in [6.45, 7) is -0.324. The van der Waals surface area contributed by atoms with E-state index in [1.807, 2.05) is 0 Å². The summed E-state index contributed by atoms with van der Waals surface area (Å²) >= 11 is 0. The zero-order chi connectivity index (χ0) is 18.7. The van der Waals surface area contributed by atoms with Gasteiger partial charge in [0.1, 0.15) is 11.5 Å². The summed E-state index contributed by atoms with van der Waals surface area (Å²) in [6, 6.07) is 9.10. The number of rotatable bonds is 5. The number of likely N-dealkylation sites (tertiary alicyclic amines) is 1. The van der Waals surface area contributed by atoms with E-state index in [0.29, 0.717) is 16.9 Å². The lowest BCUT2D eigenvalue weighted by molar-refractivity contribution is -0.140. The number of hydrogen-bond donors (Lipinski definition) is 2. The van der Waals surface area contributed by atoms with Gasteiger partial charge in [-0.05, 0) is 35.9 Å².